The number of halogens is 2. The van der Waals surface area contributed by atoms with Crippen LogP contribution in [0.15, 0.2) is 76.7 Å². The molecule has 0 radical (unpaired) electrons. The lowest BCUT2D eigenvalue weighted by Gasteiger charge is -2.38. The minimum Gasteiger partial charge on any atom is -0.467 e. The molecule has 1 aliphatic rings. The lowest BCUT2D eigenvalue weighted by Crippen LogP contribution is -2.46. The van der Waals surface area contributed by atoms with Gasteiger partial charge in [-0.2, -0.15) is 0 Å². The van der Waals surface area contributed by atoms with E-state index in [4.69, 9.17) is 27.6 Å². The van der Waals surface area contributed by atoms with Crippen molar-refractivity contribution in [2.75, 3.05) is 13.1 Å². The molecule has 2 aromatic carbocycles. The maximum atomic E-state index is 13.9. The van der Waals surface area contributed by atoms with Crippen LogP contribution in [0.25, 0.3) is 0 Å². The first kappa shape index (κ1) is 25.6. The number of thiophene rings is 1. The van der Waals surface area contributed by atoms with E-state index in [2.05, 4.69) is 13.0 Å². The monoisotopic (exact) mass is 552 g/mol. The standard InChI is InChI=1S/C29H26Cl2N2O3S/c1-2-19-5-7-20(8-6-19)29(35)32(17-22-4-3-14-36-22)18-27(34)33-13-11-26-24(12-15-37-26)28(33)23-10-9-21(30)16-25(23)31/h3-10,12,14-16,28H,2,11,13,17-18H2,1H3. The van der Waals surface area contributed by atoms with Gasteiger partial charge >= 0.3 is 0 Å². The Morgan fingerprint density at radius 3 is 2.59 bits per heavy atom. The Hall–Kier alpha value is -3.06. The summed E-state index contributed by atoms with van der Waals surface area (Å²) in [5.41, 5.74) is 3.56. The van der Waals surface area contributed by atoms with Gasteiger partial charge in [0, 0.05) is 27.0 Å². The van der Waals surface area contributed by atoms with Gasteiger partial charge in [0.05, 0.1) is 18.8 Å². The Morgan fingerprint density at radius 2 is 1.89 bits per heavy atom. The lowest BCUT2D eigenvalue weighted by atomic mass is 9.93. The van der Waals surface area contributed by atoms with E-state index in [-0.39, 0.29) is 30.9 Å². The molecular weight excluding hydrogens is 527 g/mol. The van der Waals surface area contributed by atoms with Crippen LogP contribution in [0.2, 0.25) is 10.0 Å². The van der Waals surface area contributed by atoms with Crippen molar-refractivity contribution in [2.24, 2.45) is 0 Å². The third-order valence-electron chi connectivity index (χ3n) is 6.69. The van der Waals surface area contributed by atoms with E-state index in [9.17, 15) is 9.59 Å². The van der Waals surface area contributed by atoms with Gasteiger partial charge in [-0.05, 0) is 77.4 Å². The van der Waals surface area contributed by atoms with Crippen LogP contribution >= 0.6 is 34.5 Å². The first-order chi connectivity index (χ1) is 17.9. The zero-order valence-electron chi connectivity index (χ0n) is 20.3. The van der Waals surface area contributed by atoms with Crippen LogP contribution in [0.4, 0.5) is 0 Å². The van der Waals surface area contributed by atoms with Crippen molar-refractivity contribution in [1.29, 1.82) is 0 Å². The fourth-order valence-corrected chi connectivity index (χ4v) is 6.17. The molecule has 5 rings (SSSR count). The Balaban J connectivity index is 1.46. The maximum absolute atomic E-state index is 13.9. The average molecular weight is 554 g/mol. The normalized spacial score (nSPS) is 14.9. The molecule has 0 fully saturated rings. The predicted molar refractivity (Wildman–Crippen MR) is 147 cm³/mol. The third-order valence-corrected chi connectivity index (χ3v) is 8.25. The van der Waals surface area contributed by atoms with E-state index in [0.29, 0.717) is 27.9 Å². The van der Waals surface area contributed by atoms with Crippen molar-refractivity contribution >= 4 is 46.4 Å². The highest BCUT2D eigenvalue weighted by molar-refractivity contribution is 7.10. The summed E-state index contributed by atoms with van der Waals surface area (Å²) in [5, 5.41) is 3.09. The van der Waals surface area contributed by atoms with E-state index in [1.807, 2.05) is 40.6 Å². The molecule has 0 N–H and O–H groups in total. The molecule has 0 saturated heterocycles. The van der Waals surface area contributed by atoms with Crippen LogP contribution in [-0.2, 0) is 24.2 Å². The van der Waals surface area contributed by atoms with Gasteiger partial charge in [0.1, 0.15) is 12.3 Å². The molecule has 0 spiro atoms. The molecular formula is C29H26Cl2N2O3S. The summed E-state index contributed by atoms with van der Waals surface area (Å²) in [5.74, 6) is 0.238. The van der Waals surface area contributed by atoms with Gasteiger partial charge < -0.3 is 14.2 Å². The zero-order chi connectivity index (χ0) is 25.9. The molecule has 1 atom stereocenters. The van der Waals surface area contributed by atoms with Crippen LogP contribution in [-0.4, -0.2) is 34.7 Å². The second-order valence-electron chi connectivity index (χ2n) is 9.00. The molecule has 3 heterocycles. The third kappa shape index (κ3) is 5.47. The summed E-state index contributed by atoms with van der Waals surface area (Å²) in [6.45, 7) is 2.71. The summed E-state index contributed by atoms with van der Waals surface area (Å²) in [7, 11) is 0. The van der Waals surface area contributed by atoms with Crippen LogP contribution in [0.3, 0.4) is 0 Å². The predicted octanol–water partition coefficient (Wildman–Crippen LogP) is 7.03. The Bertz CT molecular complexity index is 1400. The maximum Gasteiger partial charge on any atom is 0.254 e. The second-order valence-corrected chi connectivity index (χ2v) is 10.8. The number of nitrogens with zero attached hydrogens (tertiary/aromatic N) is 2. The molecule has 1 unspecified atom stereocenters. The fraction of sp³-hybridized carbons (Fsp3) is 0.241. The van der Waals surface area contributed by atoms with E-state index in [1.54, 1.807) is 46.8 Å². The summed E-state index contributed by atoms with van der Waals surface area (Å²) in [6.07, 6.45) is 3.21. The molecule has 37 heavy (non-hydrogen) atoms. The highest BCUT2D eigenvalue weighted by Crippen LogP contribution is 2.41. The van der Waals surface area contributed by atoms with Gasteiger partial charge in [0.15, 0.2) is 0 Å². The van der Waals surface area contributed by atoms with Crippen molar-refractivity contribution in [3.05, 3.63) is 115 Å². The summed E-state index contributed by atoms with van der Waals surface area (Å²) >= 11 is 14.5. The van der Waals surface area contributed by atoms with Gasteiger partial charge in [0.2, 0.25) is 5.91 Å². The molecule has 190 valence electrons. The molecule has 2 amide bonds. The highest BCUT2D eigenvalue weighted by Gasteiger charge is 2.35. The summed E-state index contributed by atoms with van der Waals surface area (Å²) in [4.78, 5) is 32.1. The van der Waals surface area contributed by atoms with Crippen LogP contribution < -0.4 is 0 Å². The second kappa shape index (κ2) is 11.1. The first-order valence-corrected chi connectivity index (χ1v) is 13.8. The molecule has 0 aliphatic carbocycles. The van der Waals surface area contributed by atoms with Gasteiger partial charge in [-0.25, -0.2) is 0 Å². The van der Waals surface area contributed by atoms with Crippen LogP contribution in [0, 0.1) is 0 Å². The average Bonchev–Trinajstić information content (AvgIpc) is 3.60. The van der Waals surface area contributed by atoms with Crippen molar-refractivity contribution in [1.82, 2.24) is 9.80 Å². The SMILES string of the molecule is CCc1ccc(C(=O)N(CC(=O)N2CCc3sccc3C2c2ccc(Cl)cc2Cl)Cc2ccco2)cc1. The number of benzene rings is 2. The van der Waals surface area contributed by atoms with E-state index >= 15 is 0 Å². The van der Waals surface area contributed by atoms with Crippen LogP contribution in [0.1, 0.15) is 50.7 Å². The van der Waals surface area contributed by atoms with Gasteiger partial charge in [-0.3, -0.25) is 9.59 Å². The van der Waals surface area contributed by atoms with E-state index in [0.717, 1.165) is 29.5 Å². The number of furan rings is 1. The molecule has 2 aromatic heterocycles. The van der Waals surface area contributed by atoms with Crippen molar-refractivity contribution in [3.8, 4) is 0 Å². The zero-order valence-corrected chi connectivity index (χ0v) is 22.7. The molecule has 0 bridgehead atoms. The topological polar surface area (TPSA) is 53.8 Å². The Labute approximate surface area is 230 Å². The fourth-order valence-electron chi connectivity index (χ4n) is 4.75. The minimum absolute atomic E-state index is 0.0871. The van der Waals surface area contributed by atoms with Crippen molar-refractivity contribution < 1.29 is 14.0 Å². The molecule has 1 aliphatic heterocycles. The van der Waals surface area contributed by atoms with Crippen molar-refractivity contribution in [2.45, 2.75) is 32.4 Å². The van der Waals surface area contributed by atoms with E-state index in [1.165, 1.54) is 4.88 Å². The number of fused-ring (bicyclic) bond motifs is 1. The van der Waals surface area contributed by atoms with Gasteiger partial charge in [-0.15, -0.1) is 11.3 Å². The van der Waals surface area contributed by atoms with Gasteiger partial charge in [0.25, 0.3) is 5.91 Å². The number of hydrogen-bond donors (Lipinski definition) is 0. The molecule has 4 aromatic rings. The van der Waals surface area contributed by atoms with Gasteiger partial charge in [-0.1, -0.05) is 48.3 Å². The Kier molecular flexibility index (Phi) is 7.70. The summed E-state index contributed by atoms with van der Waals surface area (Å²) < 4.78 is 5.52. The lowest BCUT2D eigenvalue weighted by molar-refractivity contribution is -0.134. The van der Waals surface area contributed by atoms with E-state index < -0.39 is 0 Å². The number of carbonyl (C=O) groups is 2. The van der Waals surface area contributed by atoms with Crippen molar-refractivity contribution in [3.63, 3.8) is 0 Å². The summed E-state index contributed by atoms with van der Waals surface area (Å²) in [6, 6.07) is 18.2. The number of carbonyl (C=O) groups excluding carboxylic acids is 2. The van der Waals surface area contributed by atoms with Crippen LogP contribution in [0.5, 0.6) is 0 Å². The molecule has 0 saturated carbocycles. The minimum atomic E-state index is -0.350. The number of rotatable bonds is 7. The number of aryl methyl sites for hydroxylation is 1. The Morgan fingerprint density at radius 1 is 1.08 bits per heavy atom. The smallest absolute Gasteiger partial charge is 0.254 e. The number of hydrogen-bond acceptors (Lipinski definition) is 4. The first-order valence-electron chi connectivity index (χ1n) is 12.2. The number of amides is 2. The quantitative estimate of drug-likeness (QED) is 0.247. The molecule has 5 nitrogen and oxygen atoms in total. The molecule has 8 heteroatoms. The largest absolute Gasteiger partial charge is 0.467 e. The highest BCUT2D eigenvalue weighted by atomic mass is 35.5.